The third-order valence-electron chi connectivity index (χ3n) is 3.27. The van der Waals surface area contributed by atoms with Crippen molar-refractivity contribution in [3.8, 4) is 0 Å². The molecule has 21 heavy (non-hydrogen) atoms. The van der Waals surface area contributed by atoms with Crippen LogP contribution in [0.4, 0.5) is 0 Å². The van der Waals surface area contributed by atoms with Crippen LogP contribution in [0.25, 0.3) is 0 Å². The lowest BCUT2D eigenvalue weighted by atomic mass is 9.90. The van der Waals surface area contributed by atoms with Crippen LogP contribution in [0.3, 0.4) is 0 Å². The lowest BCUT2D eigenvalue weighted by molar-refractivity contribution is -0.142. The molecule has 0 aliphatic carbocycles. The van der Waals surface area contributed by atoms with Crippen LogP contribution in [0.1, 0.15) is 50.2 Å². The van der Waals surface area contributed by atoms with Crippen LogP contribution < -0.4 is 0 Å². The molecule has 1 amide bonds. The maximum atomic E-state index is 12.5. The molecule has 0 spiro atoms. The SMILES string of the molecule is CCC(C(=O)O)N(C)C(=O)c1cc(Cl)nc(C(C)(C)C)c1. The number of halogens is 1. The fourth-order valence-electron chi connectivity index (χ4n) is 1.96. The molecule has 0 saturated carbocycles. The summed E-state index contributed by atoms with van der Waals surface area (Å²) in [5.74, 6) is -1.40. The van der Waals surface area contributed by atoms with Gasteiger partial charge in [0, 0.05) is 23.7 Å². The molecule has 0 saturated heterocycles. The van der Waals surface area contributed by atoms with E-state index >= 15 is 0 Å². The number of pyridine rings is 1. The number of hydrogen-bond donors (Lipinski definition) is 1. The van der Waals surface area contributed by atoms with Gasteiger partial charge in [-0.3, -0.25) is 4.79 Å². The Hall–Kier alpha value is -1.62. The van der Waals surface area contributed by atoms with Gasteiger partial charge in [-0.1, -0.05) is 39.3 Å². The first-order chi connectivity index (χ1) is 9.57. The molecule has 5 nitrogen and oxygen atoms in total. The van der Waals surface area contributed by atoms with Gasteiger partial charge in [0.05, 0.1) is 0 Å². The molecule has 1 unspecified atom stereocenters. The summed E-state index contributed by atoms with van der Waals surface area (Å²) in [7, 11) is 1.48. The highest BCUT2D eigenvalue weighted by molar-refractivity contribution is 6.29. The fourth-order valence-corrected chi connectivity index (χ4v) is 2.17. The molecule has 0 fully saturated rings. The average molecular weight is 313 g/mol. The molecule has 1 aromatic heterocycles. The van der Waals surface area contributed by atoms with E-state index in [0.29, 0.717) is 17.7 Å². The molecule has 1 atom stereocenters. The minimum Gasteiger partial charge on any atom is -0.480 e. The Labute approximate surface area is 129 Å². The number of rotatable bonds is 4. The summed E-state index contributed by atoms with van der Waals surface area (Å²) < 4.78 is 0. The van der Waals surface area contributed by atoms with Crippen molar-refractivity contribution in [2.75, 3.05) is 7.05 Å². The van der Waals surface area contributed by atoms with Gasteiger partial charge in [0.1, 0.15) is 11.2 Å². The van der Waals surface area contributed by atoms with Gasteiger partial charge in [0.15, 0.2) is 0 Å². The van der Waals surface area contributed by atoms with Crippen LogP contribution in [-0.2, 0) is 10.2 Å². The molecule has 0 bridgehead atoms. The van der Waals surface area contributed by atoms with E-state index in [0.717, 1.165) is 0 Å². The molecule has 1 aromatic rings. The van der Waals surface area contributed by atoms with E-state index in [1.54, 1.807) is 13.0 Å². The summed E-state index contributed by atoms with van der Waals surface area (Å²) in [6.07, 6.45) is 0.336. The molecule has 116 valence electrons. The zero-order valence-corrected chi connectivity index (χ0v) is 13.7. The van der Waals surface area contributed by atoms with E-state index in [1.807, 2.05) is 20.8 Å². The first-order valence-corrected chi connectivity index (χ1v) is 7.13. The average Bonchev–Trinajstić information content (AvgIpc) is 2.36. The minimum atomic E-state index is -1.02. The third kappa shape index (κ3) is 4.17. The number of carboxylic acids is 1. The summed E-state index contributed by atoms with van der Waals surface area (Å²) in [5, 5.41) is 9.37. The Morgan fingerprint density at radius 2 is 1.95 bits per heavy atom. The van der Waals surface area contributed by atoms with Crippen molar-refractivity contribution in [3.05, 3.63) is 28.5 Å². The van der Waals surface area contributed by atoms with E-state index < -0.39 is 12.0 Å². The number of hydrogen-bond acceptors (Lipinski definition) is 3. The van der Waals surface area contributed by atoms with Gasteiger partial charge in [-0.15, -0.1) is 0 Å². The predicted molar refractivity (Wildman–Crippen MR) is 81.8 cm³/mol. The van der Waals surface area contributed by atoms with E-state index in [4.69, 9.17) is 16.7 Å². The van der Waals surface area contributed by atoms with Crippen molar-refractivity contribution >= 4 is 23.5 Å². The normalized spacial score (nSPS) is 12.9. The lowest BCUT2D eigenvalue weighted by Gasteiger charge is -2.25. The van der Waals surface area contributed by atoms with Crippen LogP contribution in [0.2, 0.25) is 5.15 Å². The highest BCUT2D eigenvalue weighted by Gasteiger charge is 2.27. The van der Waals surface area contributed by atoms with Crippen LogP contribution in [0.15, 0.2) is 12.1 Å². The lowest BCUT2D eigenvalue weighted by Crippen LogP contribution is -2.42. The molecule has 1 N–H and O–H groups in total. The maximum absolute atomic E-state index is 12.5. The quantitative estimate of drug-likeness (QED) is 0.868. The van der Waals surface area contributed by atoms with E-state index in [-0.39, 0.29) is 16.5 Å². The number of amides is 1. The van der Waals surface area contributed by atoms with E-state index in [1.165, 1.54) is 18.0 Å². The second kappa shape index (κ2) is 6.43. The maximum Gasteiger partial charge on any atom is 0.326 e. The molecule has 0 aromatic carbocycles. The van der Waals surface area contributed by atoms with E-state index in [9.17, 15) is 9.59 Å². The first kappa shape index (κ1) is 17.4. The van der Waals surface area contributed by atoms with Crippen LogP contribution >= 0.6 is 11.6 Å². The standard InChI is InChI=1S/C15H21ClN2O3/c1-6-10(14(20)21)18(5)13(19)9-7-11(15(2,3)4)17-12(16)8-9/h7-8,10H,6H2,1-5H3,(H,20,21). The van der Waals surface area contributed by atoms with Gasteiger partial charge in [-0.05, 0) is 18.6 Å². The van der Waals surface area contributed by atoms with Crippen molar-refractivity contribution in [1.82, 2.24) is 9.88 Å². The van der Waals surface area contributed by atoms with E-state index in [2.05, 4.69) is 4.98 Å². The summed E-state index contributed by atoms with van der Waals surface area (Å²) in [5.41, 5.74) is 0.785. The molecule has 0 radical (unpaired) electrons. The highest BCUT2D eigenvalue weighted by atomic mass is 35.5. The molecule has 1 heterocycles. The monoisotopic (exact) mass is 312 g/mol. The van der Waals surface area contributed by atoms with Gasteiger partial charge in [0.2, 0.25) is 0 Å². The molecule has 1 rings (SSSR count). The number of carbonyl (C=O) groups is 2. The number of aromatic nitrogens is 1. The topological polar surface area (TPSA) is 70.5 Å². The van der Waals surface area contributed by atoms with Crippen molar-refractivity contribution in [3.63, 3.8) is 0 Å². The molecule has 6 heteroatoms. The predicted octanol–water partition coefficient (Wildman–Crippen LogP) is 2.97. The zero-order valence-electron chi connectivity index (χ0n) is 13.0. The molecule has 0 aliphatic heterocycles. The third-order valence-corrected chi connectivity index (χ3v) is 3.46. The second-order valence-electron chi connectivity index (χ2n) is 5.99. The molecular weight excluding hydrogens is 292 g/mol. The molecular formula is C15H21ClN2O3. The van der Waals surface area contributed by atoms with Crippen molar-refractivity contribution in [2.45, 2.75) is 45.6 Å². The van der Waals surface area contributed by atoms with Gasteiger partial charge in [0.25, 0.3) is 5.91 Å². The number of likely N-dealkylation sites (N-methyl/N-ethyl adjacent to an activating group) is 1. The second-order valence-corrected chi connectivity index (χ2v) is 6.38. The van der Waals surface area contributed by atoms with Gasteiger partial charge >= 0.3 is 5.97 Å². The summed E-state index contributed by atoms with van der Waals surface area (Å²) >= 11 is 5.98. The summed E-state index contributed by atoms with van der Waals surface area (Å²) in [6, 6.07) is 2.27. The van der Waals surface area contributed by atoms with Crippen molar-refractivity contribution in [1.29, 1.82) is 0 Å². The number of aliphatic carboxylic acids is 1. The Balaban J connectivity index is 3.19. The largest absolute Gasteiger partial charge is 0.480 e. The number of carboxylic acid groups (broad SMARTS) is 1. The van der Waals surface area contributed by atoms with Crippen molar-refractivity contribution < 1.29 is 14.7 Å². The first-order valence-electron chi connectivity index (χ1n) is 6.76. The van der Waals surface area contributed by atoms with Crippen LogP contribution in [0.5, 0.6) is 0 Å². The summed E-state index contributed by atoms with van der Waals surface area (Å²) in [4.78, 5) is 29.1. The van der Waals surface area contributed by atoms with Gasteiger partial charge in [-0.2, -0.15) is 0 Å². The Kier molecular flexibility index (Phi) is 5.34. The molecule has 0 aliphatic rings. The van der Waals surface area contributed by atoms with Crippen LogP contribution in [-0.4, -0.2) is 40.0 Å². The minimum absolute atomic E-state index is 0.225. The summed E-state index contributed by atoms with van der Waals surface area (Å²) in [6.45, 7) is 7.63. The smallest absolute Gasteiger partial charge is 0.326 e. The fraction of sp³-hybridized carbons (Fsp3) is 0.533. The Bertz CT molecular complexity index is 552. The van der Waals surface area contributed by atoms with Crippen LogP contribution in [0, 0.1) is 0 Å². The number of carbonyl (C=O) groups excluding carboxylic acids is 1. The Morgan fingerprint density at radius 3 is 2.38 bits per heavy atom. The highest BCUT2D eigenvalue weighted by Crippen LogP contribution is 2.24. The number of nitrogens with zero attached hydrogens (tertiary/aromatic N) is 2. The van der Waals surface area contributed by atoms with Gasteiger partial charge in [-0.25, -0.2) is 9.78 Å². The Morgan fingerprint density at radius 1 is 1.38 bits per heavy atom. The van der Waals surface area contributed by atoms with Gasteiger partial charge < -0.3 is 10.0 Å². The van der Waals surface area contributed by atoms with Crippen molar-refractivity contribution in [2.24, 2.45) is 0 Å². The zero-order chi connectivity index (χ0) is 16.4.